The van der Waals surface area contributed by atoms with Crippen molar-refractivity contribution >= 4 is 5.97 Å². The molecule has 0 fully saturated rings. The molecule has 3 nitrogen and oxygen atoms in total. The van der Waals surface area contributed by atoms with Crippen molar-refractivity contribution < 1.29 is 14.6 Å². The third-order valence-electron chi connectivity index (χ3n) is 6.69. The SMILES string of the molecule is C=C(C)C(=O)OCCc1cc(-c2ccc(-c3ccc(CCCCC)cc3)cc2CC)ccc1CCO. The van der Waals surface area contributed by atoms with Gasteiger partial charge < -0.3 is 9.84 Å². The summed E-state index contributed by atoms with van der Waals surface area (Å²) in [5.41, 5.74) is 10.1. The predicted octanol–water partition coefficient (Wildman–Crippen LogP) is 7.51. The molecule has 0 saturated heterocycles. The summed E-state index contributed by atoms with van der Waals surface area (Å²) in [5.74, 6) is -0.368. The number of esters is 1. The van der Waals surface area contributed by atoms with Crippen LogP contribution in [-0.2, 0) is 35.2 Å². The first-order valence-electron chi connectivity index (χ1n) is 13.2. The Morgan fingerprint density at radius 1 is 0.806 bits per heavy atom. The number of carbonyl (C=O) groups is 1. The Labute approximate surface area is 216 Å². The normalized spacial score (nSPS) is 10.9. The maximum Gasteiger partial charge on any atom is 0.333 e. The van der Waals surface area contributed by atoms with Crippen molar-refractivity contribution in [1.82, 2.24) is 0 Å². The molecule has 3 heteroatoms. The molecule has 0 aliphatic rings. The summed E-state index contributed by atoms with van der Waals surface area (Å²) < 4.78 is 5.33. The largest absolute Gasteiger partial charge is 0.462 e. The highest BCUT2D eigenvalue weighted by Crippen LogP contribution is 2.31. The minimum absolute atomic E-state index is 0.0875. The molecule has 0 unspecified atom stereocenters. The fourth-order valence-corrected chi connectivity index (χ4v) is 4.56. The van der Waals surface area contributed by atoms with E-state index in [9.17, 15) is 9.90 Å². The number of benzene rings is 3. The lowest BCUT2D eigenvalue weighted by Crippen LogP contribution is -2.09. The maximum absolute atomic E-state index is 11.8. The highest BCUT2D eigenvalue weighted by atomic mass is 16.5. The highest BCUT2D eigenvalue weighted by Gasteiger charge is 2.11. The van der Waals surface area contributed by atoms with Gasteiger partial charge in [-0.3, -0.25) is 0 Å². The highest BCUT2D eigenvalue weighted by molar-refractivity contribution is 5.86. The predicted molar refractivity (Wildman–Crippen MR) is 150 cm³/mol. The van der Waals surface area contributed by atoms with Crippen LogP contribution in [-0.4, -0.2) is 24.3 Å². The van der Waals surface area contributed by atoms with Crippen LogP contribution in [0.25, 0.3) is 22.3 Å². The van der Waals surface area contributed by atoms with E-state index in [0.717, 1.165) is 29.5 Å². The molecule has 190 valence electrons. The Balaban J connectivity index is 1.83. The van der Waals surface area contributed by atoms with E-state index in [2.05, 4.69) is 81.1 Å². The monoisotopic (exact) mass is 484 g/mol. The zero-order valence-corrected chi connectivity index (χ0v) is 22.1. The van der Waals surface area contributed by atoms with Gasteiger partial charge in [0.15, 0.2) is 0 Å². The fraction of sp³-hybridized carbons (Fsp3) is 0.364. The molecule has 0 bridgehead atoms. The van der Waals surface area contributed by atoms with E-state index in [1.807, 2.05) is 0 Å². The van der Waals surface area contributed by atoms with Gasteiger partial charge in [-0.1, -0.05) is 93.9 Å². The van der Waals surface area contributed by atoms with E-state index in [-0.39, 0.29) is 12.6 Å². The molecule has 1 N–H and O–H groups in total. The molecular formula is C33H40O3. The third-order valence-corrected chi connectivity index (χ3v) is 6.69. The number of aryl methyl sites for hydroxylation is 2. The van der Waals surface area contributed by atoms with Gasteiger partial charge in [-0.2, -0.15) is 0 Å². The second kappa shape index (κ2) is 13.8. The van der Waals surface area contributed by atoms with Crippen LogP contribution in [0, 0.1) is 0 Å². The summed E-state index contributed by atoms with van der Waals surface area (Å²) in [4.78, 5) is 11.8. The lowest BCUT2D eigenvalue weighted by atomic mass is 9.90. The first-order chi connectivity index (χ1) is 17.5. The van der Waals surface area contributed by atoms with Crippen LogP contribution in [0.2, 0.25) is 0 Å². The van der Waals surface area contributed by atoms with Crippen LogP contribution in [0.15, 0.2) is 72.8 Å². The molecule has 0 aromatic heterocycles. The van der Waals surface area contributed by atoms with Crippen LogP contribution in [0.4, 0.5) is 0 Å². The van der Waals surface area contributed by atoms with Crippen LogP contribution < -0.4 is 0 Å². The van der Waals surface area contributed by atoms with Gasteiger partial charge in [0.1, 0.15) is 0 Å². The number of hydrogen-bond donors (Lipinski definition) is 1. The molecule has 0 spiro atoms. The summed E-state index contributed by atoms with van der Waals surface area (Å²) in [6.45, 7) is 10.1. The van der Waals surface area contributed by atoms with E-state index in [1.54, 1.807) is 6.92 Å². The van der Waals surface area contributed by atoms with E-state index in [0.29, 0.717) is 25.0 Å². The number of aliphatic hydroxyl groups is 1. The Kier molecular flexibility index (Phi) is 10.5. The van der Waals surface area contributed by atoms with Crippen LogP contribution in [0.1, 0.15) is 62.3 Å². The number of hydrogen-bond acceptors (Lipinski definition) is 3. The van der Waals surface area contributed by atoms with E-state index in [1.165, 1.54) is 47.1 Å². The number of unbranched alkanes of at least 4 members (excludes halogenated alkanes) is 2. The minimum atomic E-state index is -0.368. The molecule has 0 aliphatic carbocycles. The summed E-state index contributed by atoms with van der Waals surface area (Å²) in [7, 11) is 0. The van der Waals surface area contributed by atoms with Crippen molar-refractivity contribution in [3.05, 3.63) is 95.1 Å². The molecule has 0 amide bonds. The van der Waals surface area contributed by atoms with Gasteiger partial charge in [0.2, 0.25) is 0 Å². The third kappa shape index (κ3) is 7.41. The molecule has 3 aromatic rings. The van der Waals surface area contributed by atoms with Crippen LogP contribution in [0.3, 0.4) is 0 Å². The Hall–Kier alpha value is -3.17. The first kappa shape index (κ1) is 27.4. The van der Waals surface area contributed by atoms with Crippen LogP contribution in [0.5, 0.6) is 0 Å². The number of aliphatic hydroxyl groups excluding tert-OH is 1. The molecule has 3 rings (SSSR count). The topological polar surface area (TPSA) is 46.5 Å². The quantitative estimate of drug-likeness (QED) is 0.155. The standard InChI is InChI=1S/C33H40O3/c1-5-7-8-9-25-10-12-27(13-11-25)29-16-17-32(26(6-2)22-29)31-15-14-28(18-20-34)30(23-31)19-21-36-33(35)24(3)4/h10-17,22-23,34H,3,5-9,18-21H2,1-2,4H3. The second-order valence-electron chi connectivity index (χ2n) is 9.50. The van der Waals surface area contributed by atoms with Gasteiger partial charge in [-0.15, -0.1) is 0 Å². The van der Waals surface area contributed by atoms with Crippen molar-refractivity contribution in [2.24, 2.45) is 0 Å². The molecule has 0 atom stereocenters. The van der Waals surface area contributed by atoms with E-state index >= 15 is 0 Å². The van der Waals surface area contributed by atoms with E-state index < -0.39 is 0 Å². The maximum atomic E-state index is 11.8. The van der Waals surface area contributed by atoms with Crippen molar-refractivity contribution in [2.45, 2.75) is 65.7 Å². The summed E-state index contributed by atoms with van der Waals surface area (Å²) in [6.07, 6.45) is 7.05. The first-order valence-corrected chi connectivity index (χ1v) is 13.2. The van der Waals surface area contributed by atoms with Crippen molar-refractivity contribution in [2.75, 3.05) is 13.2 Å². The summed E-state index contributed by atoms with van der Waals surface area (Å²) >= 11 is 0. The minimum Gasteiger partial charge on any atom is -0.462 e. The molecule has 0 aliphatic heterocycles. The number of carbonyl (C=O) groups excluding carboxylic acids is 1. The zero-order chi connectivity index (χ0) is 25.9. The number of ether oxygens (including phenoxy) is 1. The Morgan fingerprint density at radius 3 is 2.17 bits per heavy atom. The fourth-order valence-electron chi connectivity index (χ4n) is 4.56. The smallest absolute Gasteiger partial charge is 0.333 e. The average molecular weight is 485 g/mol. The second-order valence-corrected chi connectivity index (χ2v) is 9.50. The summed E-state index contributed by atoms with van der Waals surface area (Å²) in [6, 6.07) is 22.1. The van der Waals surface area contributed by atoms with Crippen molar-refractivity contribution in [3.8, 4) is 22.3 Å². The van der Waals surface area contributed by atoms with Crippen LogP contribution >= 0.6 is 0 Å². The van der Waals surface area contributed by atoms with Gasteiger partial charge in [0, 0.05) is 18.6 Å². The Morgan fingerprint density at radius 2 is 1.50 bits per heavy atom. The molecule has 3 aromatic carbocycles. The summed E-state index contributed by atoms with van der Waals surface area (Å²) in [5, 5.41) is 9.51. The van der Waals surface area contributed by atoms with Gasteiger partial charge >= 0.3 is 5.97 Å². The van der Waals surface area contributed by atoms with Gasteiger partial charge in [-0.25, -0.2) is 4.79 Å². The average Bonchev–Trinajstić information content (AvgIpc) is 2.89. The van der Waals surface area contributed by atoms with Gasteiger partial charge in [0.05, 0.1) is 6.61 Å². The van der Waals surface area contributed by atoms with Crippen molar-refractivity contribution in [1.29, 1.82) is 0 Å². The molecule has 0 heterocycles. The number of rotatable bonds is 13. The van der Waals surface area contributed by atoms with E-state index in [4.69, 9.17) is 4.74 Å². The molecular weight excluding hydrogens is 444 g/mol. The zero-order valence-electron chi connectivity index (χ0n) is 22.1. The lowest BCUT2D eigenvalue weighted by Gasteiger charge is -2.15. The lowest BCUT2D eigenvalue weighted by molar-refractivity contribution is -0.138. The molecule has 0 saturated carbocycles. The molecule has 36 heavy (non-hydrogen) atoms. The molecule has 0 radical (unpaired) electrons. The Bertz CT molecular complexity index is 1160. The van der Waals surface area contributed by atoms with Gasteiger partial charge in [0.25, 0.3) is 0 Å². The van der Waals surface area contributed by atoms with Gasteiger partial charge in [-0.05, 0) is 77.1 Å². The van der Waals surface area contributed by atoms with Crippen molar-refractivity contribution in [3.63, 3.8) is 0 Å².